The second-order valence-electron chi connectivity index (χ2n) is 12.2. The first kappa shape index (κ1) is 25.9. The van der Waals surface area contributed by atoms with E-state index in [1.54, 1.807) is 0 Å². The molecule has 1 N–H and O–H groups in total. The quantitative estimate of drug-likeness (QED) is 0.219. The summed E-state index contributed by atoms with van der Waals surface area (Å²) >= 11 is 0. The molecule has 0 amide bonds. The van der Waals surface area contributed by atoms with Gasteiger partial charge in [-0.05, 0) is 70.6 Å². The van der Waals surface area contributed by atoms with E-state index in [-0.39, 0.29) is 5.56 Å². The number of nitrogens with one attached hydrogen (secondary N) is 1. The lowest BCUT2D eigenvalue weighted by atomic mass is 9.97. The van der Waals surface area contributed by atoms with Gasteiger partial charge in [-0.25, -0.2) is 9.97 Å². The molecule has 0 atom stereocenters. The van der Waals surface area contributed by atoms with E-state index in [1.165, 1.54) is 5.56 Å². The Labute approximate surface area is 269 Å². The molecular weight excluding hydrogens is 576 g/mol. The topological polar surface area (TPSA) is 63.6 Å². The first-order valence-electron chi connectivity index (χ1n) is 15.8. The van der Waals surface area contributed by atoms with Gasteiger partial charge in [0.2, 0.25) is 5.95 Å². The molecule has 0 spiro atoms. The Balaban J connectivity index is 1.18. The lowest BCUT2D eigenvalue weighted by molar-refractivity contribution is 1.01. The van der Waals surface area contributed by atoms with Gasteiger partial charge in [-0.1, -0.05) is 103 Å². The summed E-state index contributed by atoms with van der Waals surface area (Å²) in [5.74, 6) is 0.645. The molecular formula is C42H26N4O. The monoisotopic (exact) mass is 602 g/mol. The summed E-state index contributed by atoms with van der Waals surface area (Å²) in [6.07, 6.45) is 0.763. The Hall–Kier alpha value is -6.33. The van der Waals surface area contributed by atoms with Crippen LogP contribution in [0.5, 0.6) is 0 Å². The number of nitrogens with zero attached hydrogens (tertiary/aromatic N) is 3. The number of aromatic nitrogens is 4. The van der Waals surface area contributed by atoms with Gasteiger partial charge in [-0.15, -0.1) is 0 Å². The van der Waals surface area contributed by atoms with Crippen LogP contribution in [0.1, 0.15) is 11.1 Å². The Kier molecular flexibility index (Phi) is 5.43. The van der Waals surface area contributed by atoms with Gasteiger partial charge in [0.25, 0.3) is 5.56 Å². The van der Waals surface area contributed by atoms with E-state index in [2.05, 4.69) is 101 Å². The lowest BCUT2D eigenvalue weighted by Crippen LogP contribution is -2.09. The number of aromatic amines is 1. The van der Waals surface area contributed by atoms with E-state index in [9.17, 15) is 4.79 Å². The maximum absolute atomic E-state index is 13.1. The van der Waals surface area contributed by atoms with Gasteiger partial charge >= 0.3 is 0 Å². The van der Waals surface area contributed by atoms with Crippen LogP contribution in [0.3, 0.4) is 0 Å². The molecule has 0 saturated carbocycles. The zero-order valence-electron chi connectivity index (χ0n) is 25.2. The fraction of sp³-hybridized carbons (Fsp3) is 0.0238. The molecule has 0 unspecified atom stereocenters. The number of H-pyrrole nitrogens is 1. The van der Waals surface area contributed by atoms with Crippen molar-refractivity contribution in [3.05, 3.63) is 161 Å². The van der Waals surface area contributed by atoms with Crippen molar-refractivity contribution in [2.24, 2.45) is 0 Å². The lowest BCUT2D eigenvalue weighted by Gasteiger charge is -2.12. The molecule has 9 aromatic rings. The van der Waals surface area contributed by atoms with Crippen molar-refractivity contribution >= 4 is 43.6 Å². The van der Waals surface area contributed by atoms with Gasteiger partial charge in [0.05, 0.1) is 27.8 Å². The number of fused-ring (bicyclic) bond motifs is 9. The molecule has 220 valence electrons. The standard InChI is InChI=1S/C42H26N4O/c47-41-39-29-13-5-4-12-28(29)24-34(39)32-22-26(18-20-36(32)43-41)27-19-21-38-33(23-27)30-14-7-9-17-37(30)46(38)42-44-35-16-8-6-15-31(35)40(45-42)25-10-2-1-3-11-25/h1-23H,24H2,(H,43,47). The Morgan fingerprint density at radius 2 is 1.28 bits per heavy atom. The highest BCUT2D eigenvalue weighted by Crippen LogP contribution is 2.40. The molecule has 3 heterocycles. The van der Waals surface area contributed by atoms with E-state index in [1.807, 2.05) is 48.5 Å². The van der Waals surface area contributed by atoms with Crippen molar-refractivity contribution in [1.82, 2.24) is 19.5 Å². The summed E-state index contributed by atoms with van der Waals surface area (Å²) in [6.45, 7) is 0. The van der Waals surface area contributed by atoms with Gasteiger partial charge < -0.3 is 4.98 Å². The van der Waals surface area contributed by atoms with E-state index in [0.717, 1.165) is 89.1 Å². The summed E-state index contributed by atoms with van der Waals surface area (Å²) in [7, 11) is 0. The van der Waals surface area contributed by atoms with Gasteiger partial charge in [-0.3, -0.25) is 9.36 Å². The maximum atomic E-state index is 13.1. The molecule has 0 saturated heterocycles. The average Bonchev–Trinajstić information content (AvgIpc) is 3.68. The molecule has 0 radical (unpaired) electrons. The Morgan fingerprint density at radius 3 is 2.17 bits per heavy atom. The second-order valence-corrected chi connectivity index (χ2v) is 12.2. The molecule has 3 aromatic heterocycles. The minimum atomic E-state index is -0.0224. The van der Waals surface area contributed by atoms with E-state index in [4.69, 9.17) is 9.97 Å². The molecule has 5 heteroatoms. The predicted molar refractivity (Wildman–Crippen MR) is 191 cm³/mol. The molecule has 0 aliphatic heterocycles. The van der Waals surface area contributed by atoms with Crippen molar-refractivity contribution in [3.63, 3.8) is 0 Å². The van der Waals surface area contributed by atoms with Crippen LogP contribution in [-0.4, -0.2) is 19.5 Å². The molecule has 6 aromatic carbocycles. The van der Waals surface area contributed by atoms with E-state index >= 15 is 0 Å². The number of pyridine rings is 1. The Bertz CT molecular complexity index is 2790. The third-order valence-corrected chi connectivity index (χ3v) is 9.62. The minimum Gasteiger partial charge on any atom is -0.321 e. The first-order chi connectivity index (χ1) is 23.2. The summed E-state index contributed by atoms with van der Waals surface area (Å²) < 4.78 is 2.18. The molecule has 5 nitrogen and oxygen atoms in total. The zero-order valence-corrected chi connectivity index (χ0v) is 25.2. The van der Waals surface area contributed by atoms with Crippen molar-refractivity contribution < 1.29 is 0 Å². The highest BCUT2D eigenvalue weighted by atomic mass is 16.1. The van der Waals surface area contributed by atoms with Crippen LogP contribution in [0, 0.1) is 0 Å². The average molecular weight is 603 g/mol. The summed E-state index contributed by atoms with van der Waals surface area (Å²) in [4.78, 5) is 26.6. The highest BCUT2D eigenvalue weighted by molar-refractivity contribution is 6.10. The number of rotatable bonds is 3. The van der Waals surface area contributed by atoms with Crippen molar-refractivity contribution in [2.75, 3.05) is 0 Å². The second kappa shape index (κ2) is 9.83. The molecule has 10 rings (SSSR count). The summed E-state index contributed by atoms with van der Waals surface area (Å²) in [5.41, 5.74) is 12.2. The van der Waals surface area contributed by atoms with E-state index < -0.39 is 0 Å². The van der Waals surface area contributed by atoms with E-state index in [0.29, 0.717) is 5.95 Å². The van der Waals surface area contributed by atoms with Crippen LogP contribution < -0.4 is 5.56 Å². The van der Waals surface area contributed by atoms with Crippen LogP contribution >= 0.6 is 0 Å². The van der Waals surface area contributed by atoms with Gasteiger partial charge in [-0.2, -0.15) is 0 Å². The minimum absolute atomic E-state index is 0.0224. The zero-order chi connectivity index (χ0) is 31.1. The summed E-state index contributed by atoms with van der Waals surface area (Å²) in [6, 6.07) is 48.2. The van der Waals surface area contributed by atoms with Gasteiger partial charge in [0, 0.05) is 32.6 Å². The number of para-hydroxylation sites is 2. The van der Waals surface area contributed by atoms with Crippen LogP contribution in [0.15, 0.2) is 144 Å². The van der Waals surface area contributed by atoms with Crippen LogP contribution in [0.4, 0.5) is 0 Å². The summed E-state index contributed by atoms with van der Waals surface area (Å²) in [5, 5.41) is 4.39. The molecule has 0 fully saturated rings. The van der Waals surface area contributed by atoms with Crippen molar-refractivity contribution in [2.45, 2.75) is 6.42 Å². The van der Waals surface area contributed by atoms with Gasteiger partial charge in [0.1, 0.15) is 0 Å². The van der Waals surface area contributed by atoms with Crippen molar-refractivity contribution in [3.8, 4) is 39.5 Å². The largest absolute Gasteiger partial charge is 0.321 e. The predicted octanol–water partition coefficient (Wildman–Crippen LogP) is 9.47. The highest BCUT2D eigenvalue weighted by Gasteiger charge is 2.24. The number of hydrogen-bond acceptors (Lipinski definition) is 3. The molecule has 1 aliphatic rings. The maximum Gasteiger partial charge on any atom is 0.256 e. The van der Waals surface area contributed by atoms with Crippen LogP contribution in [0.2, 0.25) is 0 Å². The van der Waals surface area contributed by atoms with Gasteiger partial charge in [0.15, 0.2) is 0 Å². The SMILES string of the molecule is O=c1[nH]c2ccc(-c3ccc4c(c3)c3ccccc3n4-c3nc(-c4ccccc4)c4ccccc4n3)cc2c2c1-c1ccccc1C2. The molecule has 0 bridgehead atoms. The normalized spacial score (nSPS) is 12.3. The third-order valence-electron chi connectivity index (χ3n) is 9.62. The smallest absolute Gasteiger partial charge is 0.256 e. The van der Waals surface area contributed by atoms with Crippen LogP contribution in [0.25, 0.3) is 83.1 Å². The third kappa shape index (κ3) is 3.87. The fourth-order valence-corrected chi connectivity index (χ4v) is 7.46. The number of hydrogen-bond donors (Lipinski definition) is 1. The first-order valence-corrected chi connectivity index (χ1v) is 15.8. The Morgan fingerprint density at radius 1 is 0.574 bits per heavy atom. The number of benzene rings is 6. The van der Waals surface area contributed by atoms with Crippen LogP contribution in [-0.2, 0) is 6.42 Å². The fourth-order valence-electron chi connectivity index (χ4n) is 7.46. The molecule has 47 heavy (non-hydrogen) atoms. The molecule has 1 aliphatic carbocycles. The van der Waals surface area contributed by atoms with Crippen molar-refractivity contribution in [1.29, 1.82) is 0 Å².